The normalized spacial score (nSPS) is 29.4. The van der Waals surface area contributed by atoms with Crippen LogP contribution in [0, 0.1) is 0 Å². The van der Waals surface area contributed by atoms with E-state index in [1.165, 1.54) is 43.4 Å². The van der Waals surface area contributed by atoms with Gasteiger partial charge in [-0.1, -0.05) is 31.0 Å². The summed E-state index contributed by atoms with van der Waals surface area (Å²) in [6, 6.07) is 11.2. The number of benzene rings is 1. The average Bonchev–Trinajstić information content (AvgIpc) is 3.37. The molecule has 1 aromatic carbocycles. The lowest BCUT2D eigenvalue weighted by molar-refractivity contribution is 0.0992. The fourth-order valence-electron chi connectivity index (χ4n) is 4.48. The van der Waals surface area contributed by atoms with Gasteiger partial charge < -0.3 is 15.4 Å². The maximum atomic E-state index is 5.96. The molecule has 3 fully saturated rings. The van der Waals surface area contributed by atoms with Crippen LogP contribution >= 0.6 is 35.7 Å². The number of aliphatic imine (C=N–C) groups is 1. The van der Waals surface area contributed by atoms with Gasteiger partial charge in [-0.15, -0.1) is 35.7 Å². The highest BCUT2D eigenvalue weighted by atomic mass is 127. The molecular formula is C20H30IN3OS. The Bertz CT molecular complexity index is 606. The van der Waals surface area contributed by atoms with Crippen molar-refractivity contribution in [3.63, 3.8) is 0 Å². The van der Waals surface area contributed by atoms with Crippen molar-refractivity contribution >= 4 is 41.7 Å². The van der Waals surface area contributed by atoms with Gasteiger partial charge in [-0.25, -0.2) is 0 Å². The highest BCUT2D eigenvalue weighted by molar-refractivity contribution is 14.0. The lowest BCUT2D eigenvalue weighted by atomic mass is 9.96. The largest absolute Gasteiger partial charge is 0.373 e. The zero-order chi connectivity index (χ0) is 17.1. The van der Waals surface area contributed by atoms with Gasteiger partial charge in [-0.3, -0.25) is 4.99 Å². The number of ether oxygens (including phenoxy) is 1. The third-order valence-corrected chi connectivity index (χ3v) is 7.32. The van der Waals surface area contributed by atoms with Crippen molar-refractivity contribution in [3.05, 3.63) is 30.3 Å². The van der Waals surface area contributed by atoms with Gasteiger partial charge in [0, 0.05) is 23.2 Å². The quantitative estimate of drug-likeness (QED) is 0.372. The van der Waals surface area contributed by atoms with Gasteiger partial charge >= 0.3 is 0 Å². The molecule has 2 aliphatic heterocycles. The molecule has 1 saturated carbocycles. The van der Waals surface area contributed by atoms with Crippen molar-refractivity contribution in [2.24, 2.45) is 4.99 Å². The van der Waals surface area contributed by atoms with Gasteiger partial charge in [0.2, 0.25) is 0 Å². The molecule has 2 saturated heterocycles. The number of nitrogens with one attached hydrogen (secondary N) is 2. The lowest BCUT2D eigenvalue weighted by Crippen LogP contribution is -2.50. The Kier molecular flexibility index (Phi) is 7.13. The van der Waals surface area contributed by atoms with Gasteiger partial charge in [0.05, 0.1) is 18.2 Å². The molecule has 0 radical (unpaired) electrons. The maximum absolute atomic E-state index is 5.96. The summed E-state index contributed by atoms with van der Waals surface area (Å²) in [7, 11) is 1.87. The van der Waals surface area contributed by atoms with Crippen LogP contribution in [0.4, 0.5) is 0 Å². The summed E-state index contributed by atoms with van der Waals surface area (Å²) in [5.74, 6) is 0.932. The van der Waals surface area contributed by atoms with Crippen molar-refractivity contribution in [2.45, 2.75) is 72.8 Å². The van der Waals surface area contributed by atoms with Crippen molar-refractivity contribution in [3.8, 4) is 0 Å². The number of guanidine groups is 1. The third kappa shape index (κ3) is 4.68. The number of halogens is 1. The van der Waals surface area contributed by atoms with Gasteiger partial charge in [-0.05, 0) is 44.2 Å². The Morgan fingerprint density at radius 3 is 2.62 bits per heavy atom. The molecule has 1 aliphatic carbocycles. The van der Waals surface area contributed by atoms with E-state index < -0.39 is 0 Å². The molecule has 0 aromatic heterocycles. The van der Waals surface area contributed by atoms with Crippen LogP contribution in [-0.4, -0.2) is 42.5 Å². The molecule has 6 heteroatoms. The Morgan fingerprint density at radius 2 is 2.00 bits per heavy atom. The molecule has 3 unspecified atom stereocenters. The summed E-state index contributed by atoms with van der Waals surface area (Å²) in [4.78, 5) is 5.83. The molecule has 4 nitrogen and oxygen atoms in total. The Hall–Kier alpha value is -0.470. The molecule has 26 heavy (non-hydrogen) atoms. The van der Waals surface area contributed by atoms with E-state index in [1.807, 2.05) is 18.8 Å². The summed E-state index contributed by atoms with van der Waals surface area (Å²) in [5, 5.41) is 7.23. The third-order valence-electron chi connectivity index (χ3n) is 5.82. The molecule has 2 bridgehead atoms. The molecule has 3 aliphatic rings. The first-order valence-electron chi connectivity index (χ1n) is 9.63. The minimum Gasteiger partial charge on any atom is -0.373 e. The van der Waals surface area contributed by atoms with Gasteiger partial charge in [-0.2, -0.15) is 0 Å². The second kappa shape index (κ2) is 9.15. The lowest BCUT2D eigenvalue weighted by Gasteiger charge is -2.30. The molecule has 0 spiro atoms. The van der Waals surface area contributed by atoms with E-state index in [2.05, 4.69) is 46.0 Å². The summed E-state index contributed by atoms with van der Waals surface area (Å²) in [6.07, 6.45) is 9.58. The predicted molar refractivity (Wildman–Crippen MR) is 120 cm³/mol. The van der Waals surface area contributed by atoms with Crippen LogP contribution in [0.3, 0.4) is 0 Å². The fourth-order valence-corrected chi connectivity index (χ4v) is 5.91. The second-order valence-corrected chi connectivity index (χ2v) is 9.13. The van der Waals surface area contributed by atoms with E-state index in [0.717, 1.165) is 18.9 Å². The molecular weight excluding hydrogens is 457 g/mol. The predicted octanol–water partition coefficient (Wildman–Crippen LogP) is 4.19. The second-order valence-electron chi connectivity index (χ2n) is 7.59. The Balaban J connectivity index is 0.00000196. The van der Waals surface area contributed by atoms with Crippen molar-refractivity contribution < 1.29 is 4.74 Å². The van der Waals surface area contributed by atoms with E-state index in [4.69, 9.17) is 4.74 Å². The summed E-state index contributed by atoms with van der Waals surface area (Å²) in [6.45, 7) is 0.966. The number of nitrogens with zero attached hydrogens (tertiary/aromatic N) is 1. The number of fused-ring (bicyclic) bond motifs is 2. The Morgan fingerprint density at radius 1 is 1.23 bits per heavy atom. The SMILES string of the molecule is CN=C(NCC1(Sc2ccccc2)CCCC1)NC1CC2CCC1O2.I. The number of thioether (sulfide) groups is 1. The van der Waals surface area contributed by atoms with Crippen LogP contribution in [0.15, 0.2) is 40.2 Å². The van der Waals surface area contributed by atoms with Crippen LogP contribution in [-0.2, 0) is 4.74 Å². The molecule has 2 heterocycles. The maximum Gasteiger partial charge on any atom is 0.191 e. The Labute approximate surface area is 178 Å². The van der Waals surface area contributed by atoms with E-state index in [9.17, 15) is 0 Å². The van der Waals surface area contributed by atoms with Crippen molar-refractivity contribution in [2.75, 3.05) is 13.6 Å². The standard InChI is InChI=1S/C20H29N3OS.HI/c1-21-19(23-17-13-15-9-10-18(17)24-15)22-14-20(11-5-6-12-20)25-16-7-3-2-4-8-16;/h2-4,7-8,15,17-18H,5-6,9-14H2,1H3,(H2,21,22,23);1H. The van der Waals surface area contributed by atoms with Gasteiger partial charge in [0.25, 0.3) is 0 Å². The van der Waals surface area contributed by atoms with Crippen molar-refractivity contribution in [1.29, 1.82) is 0 Å². The molecule has 2 N–H and O–H groups in total. The minimum absolute atomic E-state index is 0. The molecule has 144 valence electrons. The molecule has 3 atom stereocenters. The average molecular weight is 487 g/mol. The van der Waals surface area contributed by atoms with Crippen molar-refractivity contribution in [1.82, 2.24) is 10.6 Å². The summed E-state index contributed by atoms with van der Waals surface area (Å²) >= 11 is 2.04. The van der Waals surface area contributed by atoms with Crippen LogP contribution < -0.4 is 10.6 Å². The van der Waals surface area contributed by atoms with Gasteiger partial charge in [0.1, 0.15) is 0 Å². The van der Waals surface area contributed by atoms with E-state index >= 15 is 0 Å². The molecule has 0 amide bonds. The highest BCUT2D eigenvalue weighted by Crippen LogP contribution is 2.44. The van der Waals surface area contributed by atoms with Crippen LogP contribution in [0.2, 0.25) is 0 Å². The number of rotatable bonds is 5. The first-order valence-corrected chi connectivity index (χ1v) is 10.4. The zero-order valence-electron chi connectivity index (χ0n) is 15.4. The summed E-state index contributed by atoms with van der Waals surface area (Å²) in [5.41, 5.74) is 0. The van der Waals surface area contributed by atoms with E-state index in [1.54, 1.807) is 0 Å². The topological polar surface area (TPSA) is 45.7 Å². The minimum atomic E-state index is 0. The zero-order valence-corrected chi connectivity index (χ0v) is 18.6. The number of hydrogen-bond acceptors (Lipinski definition) is 3. The molecule has 4 rings (SSSR count). The highest BCUT2D eigenvalue weighted by Gasteiger charge is 2.41. The fraction of sp³-hybridized carbons (Fsp3) is 0.650. The van der Waals surface area contributed by atoms with E-state index in [0.29, 0.717) is 18.2 Å². The number of hydrogen-bond donors (Lipinski definition) is 2. The van der Waals surface area contributed by atoms with Crippen LogP contribution in [0.5, 0.6) is 0 Å². The van der Waals surface area contributed by atoms with E-state index in [-0.39, 0.29) is 28.7 Å². The first-order chi connectivity index (χ1) is 12.3. The summed E-state index contributed by atoms with van der Waals surface area (Å²) < 4.78 is 6.24. The van der Waals surface area contributed by atoms with Crippen LogP contribution in [0.1, 0.15) is 44.9 Å². The smallest absolute Gasteiger partial charge is 0.191 e. The van der Waals surface area contributed by atoms with Crippen LogP contribution in [0.25, 0.3) is 0 Å². The monoisotopic (exact) mass is 487 g/mol. The first kappa shape index (κ1) is 20.3. The molecule has 1 aromatic rings. The van der Waals surface area contributed by atoms with Gasteiger partial charge in [0.15, 0.2) is 5.96 Å².